The first-order chi connectivity index (χ1) is 4.33. The lowest BCUT2D eigenvalue weighted by Crippen LogP contribution is -1.69. The molecule has 0 N–H and O–H groups in total. The summed E-state index contributed by atoms with van der Waals surface area (Å²) in [5, 5.41) is 2.94. The van der Waals surface area contributed by atoms with E-state index in [9.17, 15) is 4.91 Å². The van der Waals surface area contributed by atoms with Crippen molar-refractivity contribution in [3.63, 3.8) is 0 Å². The van der Waals surface area contributed by atoms with Crippen LogP contribution in [-0.4, -0.2) is 4.98 Å². The average Bonchev–Trinajstić information content (AvgIpc) is 1.88. The molecule has 0 atom stereocenters. The lowest BCUT2D eigenvalue weighted by molar-refractivity contribution is 1.31. The first kappa shape index (κ1) is 6.16. The van der Waals surface area contributed by atoms with Crippen molar-refractivity contribution in [2.45, 2.75) is 0 Å². The quantitative estimate of drug-likeness (QED) is 0.445. The Morgan fingerprint density at radius 2 is 2.44 bits per heavy atom. The molecule has 9 heavy (non-hydrogen) atoms. The summed E-state index contributed by atoms with van der Waals surface area (Å²) in [6.45, 7) is 0. The molecule has 0 spiro atoms. The van der Waals surface area contributed by atoms with Crippen molar-refractivity contribution < 1.29 is 0 Å². The van der Waals surface area contributed by atoms with E-state index in [2.05, 4.69) is 10.2 Å². The molecule has 0 aromatic carbocycles. The van der Waals surface area contributed by atoms with Crippen LogP contribution in [0.25, 0.3) is 0 Å². The third-order valence-electron chi connectivity index (χ3n) is 0.816. The highest BCUT2D eigenvalue weighted by Crippen LogP contribution is 2.13. The van der Waals surface area contributed by atoms with E-state index < -0.39 is 0 Å². The zero-order valence-electron chi connectivity index (χ0n) is 4.41. The predicted molar refractivity (Wildman–Crippen MR) is 34.7 cm³/mol. The molecule has 0 aliphatic heterocycles. The van der Waals surface area contributed by atoms with Crippen molar-refractivity contribution in [1.82, 2.24) is 4.98 Å². The molecule has 0 saturated carbocycles. The summed E-state index contributed by atoms with van der Waals surface area (Å²) in [4.78, 5) is 13.5. The summed E-state index contributed by atoms with van der Waals surface area (Å²) in [6.07, 6.45) is 1.43. The SMILES string of the molecule is O=Nc1ccnc(Cl)c1. The Morgan fingerprint density at radius 3 is 2.89 bits per heavy atom. The van der Waals surface area contributed by atoms with Gasteiger partial charge < -0.3 is 0 Å². The molecule has 0 amide bonds. The molecule has 0 unspecified atom stereocenters. The van der Waals surface area contributed by atoms with E-state index in [-0.39, 0.29) is 5.15 Å². The van der Waals surface area contributed by atoms with Gasteiger partial charge in [-0.3, -0.25) is 0 Å². The Kier molecular flexibility index (Phi) is 1.75. The molecule has 46 valence electrons. The van der Waals surface area contributed by atoms with Gasteiger partial charge in [0.05, 0.1) is 0 Å². The Hall–Kier alpha value is -0.960. The summed E-state index contributed by atoms with van der Waals surface area (Å²) in [5.41, 5.74) is 0.301. The van der Waals surface area contributed by atoms with Gasteiger partial charge in [0.1, 0.15) is 10.8 Å². The standard InChI is InChI=1S/C5H3ClN2O/c6-5-3-4(8-9)1-2-7-5/h1-3H. The Bertz CT molecular complexity index is 226. The molecule has 1 aromatic rings. The lowest BCUT2D eigenvalue weighted by Gasteiger charge is -1.86. The highest BCUT2D eigenvalue weighted by molar-refractivity contribution is 6.29. The van der Waals surface area contributed by atoms with Crippen molar-refractivity contribution >= 4 is 17.3 Å². The highest BCUT2D eigenvalue weighted by Gasteiger charge is 1.90. The van der Waals surface area contributed by atoms with E-state index in [1.165, 1.54) is 18.3 Å². The molecule has 0 radical (unpaired) electrons. The van der Waals surface area contributed by atoms with Gasteiger partial charge in [0.2, 0.25) is 0 Å². The predicted octanol–water partition coefficient (Wildman–Crippen LogP) is 2.13. The fourth-order valence-electron chi connectivity index (χ4n) is 0.449. The topological polar surface area (TPSA) is 42.3 Å². The van der Waals surface area contributed by atoms with Crippen LogP contribution >= 0.6 is 11.6 Å². The van der Waals surface area contributed by atoms with Crippen LogP contribution < -0.4 is 0 Å². The van der Waals surface area contributed by atoms with Crippen molar-refractivity contribution in [1.29, 1.82) is 0 Å². The number of rotatable bonds is 1. The third-order valence-corrected chi connectivity index (χ3v) is 1.02. The molecule has 0 fully saturated rings. The lowest BCUT2D eigenvalue weighted by atomic mass is 10.4. The van der Waals surface area contributed by atoms with Crippen LogP contribution in [0.15, 0.2) is 23.5 Å². The van der Waals surface area contributed by atoms with Gasteiger partial charge in [-0.1, -0.05) is 11.6 Å². The molecule has 0 bridgehead atoms. The van der Waals surface area contributed by atoms with E-state index in [1.807, 2.05) is 0 Å². The van der Waals surface area contributed by atoms with Crippen LogP contribution in [0.1, 0.15) is 0 Å². The summed E-state index contributed by atoms with van der Waals surface area (Å²) in [6, 6.07) is 2.88. The summed E-state index contributed by atoms with van der Waals surface area (Å²) < 4.78 is 0. The monoisotopic (exact) mass is 142 g/mol. The fourth-order valence-corrected chi connectivity index (χ4v) is 0.617. The van der Waals surface area contributed by atoms with Gasteiger partial charge in [0.25, 0.3) is 0 Å². The van der Waals surface area contributed by atoms with Gasteiger partial charge in [0, 0.05) is 12.3 Å². The van der Waals surface area contributed by atoms with Gasteiger partial charge in [-0.15, -0.1) is 4.91 Å². The van der Waals surface area contributed by atoms with Crippen molar-refractivity contribution in [3.8, 4) is 0 Å². The number of halogens is 1. The van der Waals surface area contributed by atoms with Crippen LogP contribution in [0.3, 0.4) is 0 Å². The molecule has 1 rings (SSSR count). The number of pyridine rings is 1. The number of hydrogen-bond acceptors (Lipinski definition) is 3. The van der Waals surface area contributed by atoms with E-state index in [4.69, 9.17) is 11.6 Å². The van der Waals surface area contributed by atoms with Crippen molar-refractivity contribution in [2.75, 3.05) is 0 Å². The molecule has 0 saturated heterocycles. The average molecular weight is 143 g/mol. The smallest absolute Gasteiger partial charge is 0.131 e. The minimum atomic E-state index is 0.284. The Morgan fingerprint density at radius 1 is 1.67 bits per heavy atom. The maximum atomic E-state index is 9.82. The second-order valence-electron chi connectivity index (χ2n) is 1.43. The maximum Gasteiger partial charge on any atom is 0.131 e. The van der Waals surface area contributed by atoms with E-state index in [1.54, 1.807) is 0 Å². The van der Waals surface area contributed by atoms with E-state index in [0.29, 0.717) is 5.69 Å². The normalized spacial score (nSPS) is 9.00. The second-order valence-corrected chi connectivity index (χ2v) is 1.82. The minimum Gasteiger partial charge on any atom is -0.244 e. The van der Waals surface area contributed by atoms with E-state index in [0.717, 1.165) is 0 Å². The fraction of sp³-hybridized carbons (Fsp3) is 0. The Labute approximate surface area is 56.6 Å². The number of aromatic nitrogens is 1. The molecule has 4 heteroatoms. The number of nitrogens with zero attached hydrogens (tertiary/aromatic N) is 2. The Balaban J connectivity index is 3.07. The zero-order valence-corrected chi connectivity index (χ0v) is 5.17. The van der Waals surface area contributed by atoms with Crippen LogP contribution in [0.2, 0.25) is 5.15 Å². The van der Waals surface area contributed by atoms with Crippen LogP contribution in [-0.2, 0) is 0 Å². The number of hydrogen-bond donors (Lipinski definition) is 0. The minimum absolute atomic E-state index is 0.284. The van der Waals surface area contributed by atoms with Gasteiger partial charge in [0.15, 0.2) is 0 Å². The van der Waals surface area contributed by atoms with Crippen molar-refractivity contribution in [2.24, 2.45) is 5.18 Å². The molecular weight excluding hydrogens is 140 g/mol. The van der Waals surface area contributed by atoms with Crippen LogP contribution in [0.5, 0.6) is 0 Å². The van der Waals surface area contributed by atoms with Crippen molar-refractivity contribution in [3.05, 3.63) is 28.4 Å². The number of nitroso groups, excluding NO2 is 1. The highest BCUT2D eigenvalue weighted by atomic mass is 35.5. The first-order valence-electron chi connectivity index (χ1n) is 2.28. The molecule has 0 aliphatic carbocycles. The molecule has 1 aromatic heterocycles. The third kappa shape index (κ3) is 1.47. The molecule has 0 aliphatic rings. The summed E-state index contributed by atoms with van der Waals surface area (Å²) in [7, 11) is 0. The van der Waals surface area contributed by atoms with Gasteiger partial charge in [-0.25, -0.2) is 4.98 Å². The van der Waals surface area contributed by atoms with Crippen LogP contribution in [0, 0.1) is 4.91 Å². The molecule has 3 nitrogen and oxygen atoms in total. The van der Waals surface area contributed by atoms with Crippen LogP contribution in [0.4, 0.5) is 5.69 Å². The summed E-state index contributed by atoms with van der Waals surface area (Å²) in [5.74, 6) is 0. The van der Waals surface area contributed by atoms with Gasteiger partial charge in [-0.2, -0.15) is 0 Å². The molecular formula is C5H3ClN2O. The molecule has 1 heterocycles. The van der Waals surface area contributed by atoms with E-state index >= 15 is 0 Å². The van der Waals surface area contributed by atoms with Gasteiger partial charge in [-0.05, 0) is 11.2 Å². The van der Waals surface area contributed by atoms with Gasteiger partial charge >= 0.3 is 0 Å². The zero-order chi connectivity index (χ0) is 6.69. The largest absolute Gasteiger partial charge is 0.244 e. The summed E-state index contributed by atoms with van der Waals surface area (Å²) >= 11 is 5.41. The second kappa shape index (κ2) is 2.55. The maximum absolute atomic E-state index is 9.82. The first-order valence-corrected chi connectivity index (χ1v) is 2.65.